The normalized spacial score (nSPS) is 44.8. The fourth-order valence-electron chi connectivity index (χ4n) is 2.04. The van der Waals surface area contributed by atoms with Gasteiger partial charge in [0.2, 0.25) is 0 Å². The summed E-state index contributed by atoms with van der Waals surface area (Å²) in [6.45, 7) is 7.87. The zero-order chi connectivity index (χ0) is 10.2. The minimum atomic E-state index is -0.441. The fraction of sp³-hybridized carbons (Fsp3) is 1.00. The van der Waals surface area contributed by atoms with Crippen molar-refractivity contribution in [2.75, 3.05) is 7.11 Å². The van der Waals surface area contributed by atoms with E-state index in [0.29, 0.717) is 0 Å². The summed E-state index contributed by atoms with van der Waals surface area (Å²) in [6.07, 6.45) is -0.598. The smallest absolute Gasteiger partial charge is 0.112 e. The molecule has 0 spiro atoms. The van der Waals surface area contributed by atoms with Crippen molar-refractivity contribution in [2.24, 2.45) is 5.92 Å². The monoisotopic (exact) mass is 188 g/mol. The first-order valence-electron chi connectivity index (χ1n) is 4.79. The zero-order valence-corrected chi connectivity index (χ0v) is 9.07. The molecule has 1 fully saturated rings. The van der Waals surface area contributed by atoms with Crippen LogP contribution < -0.4 is 0 Å². The molecule has 0 aromatic heterocycles. The third-order valence-electron chi connectivity index (χ3n) is 3.02. The molecule has 1 heterocycles. The highest BCUT2D eigenvalue weighted by Crippen LogP contribution is 2.33. The summed E-state index contributed by atoms with van der Waals surface area (Å²) in [7, 11) is 1.61. The van der Waals surface area contributed by atoms with Crippen molar-refractivity contribution in [3.63, 3.8) is 0 Å². The largest absolute Gasteiger partial charge is 0.390 e. The summed E-state index contributed by atoms with van der Waals surface area (Å²) in [6, 6.07) is 0. The van der Waals surface area contributed by atoms with Crippen LogP contribution in [0.2, 0.25) is 0 Å². The quantitative estimate of drug-likeness (QED) is 0.672. The summed E-state index contributed by atoms with van der Waals surface area (Å²) in [5, 5.41) is 9.94. The van der Waals surface area contributed by atoms with Crippen LogP contribution in [0.15, 0.2) is 0 Å². The highest BCUT2D eigenvalue weighted by Gasteiger charge is 2.46. The molecule has 13 heavy (non-hydrogen) atoms. The molecule has 0 aliphatic carbocycles. The Labute approximate surface area is 80.0 Å². The Balaban J connectivity index is 2.82. The molecule has 0 amide bonds. The van der Waals surface area contributed by atoms with Gasteiger partial charge in [-0.25, -0.2) is 0 Å². The Kier molecular flexibility index (Phi) is 3.00. The number of methoxy groups -OCH3 is 1. The van der Waals surface area contributed by atoms with Crippen LogP contribution in [-0.4, -0.2) is 36.1 Å². The van der Waals surface area contributed by atoms with Gasteiger partial charge in [0.05, 0.1) is 17.8 Å². The van der Waals surface area contributed by atoms with E-state index in [1.807, 2.05) is 27.7 Å². The van der Waals surface area contributed by atoms with E-state index >= 15 is 0 Å². The molecule has 0 saturated carbocycles. The van der Waals surface area contributed by atoms with Crippen LogP contribution in [0.25, 0.3) is 0 Å². The summed E-state index contributed by atoms with van der Waals surface area (Å²) >= 11 is 0. The van der Waals surface area contributed by atoms with Gasteiger partial charge in [0.1, 0.15) is 6.10 Å². The number of hydrogen-bond acceptors (Lipinski definition) is 3. The van der Waals surface area contributed by atoms with Gasteiger partial charge >= 0.3 is 0 Å². The average Bonchev–Trinajstić information content (AvgIpc) is 2.00. The van der Waals surface area contributed by atoms with E-state index in [1.165, 1.54) is 0 Å². The molecule has 3 nitrogen and oxygen atoms in total. The van der Waals surface area contributed by atoms with Gasteiger partial charge in [0.25, 0.3) is 0 Å². The fourth-order valence-corrected chi connectivity index (χ4v) is 2.04. The molecule has 1 saturated heterocycles. The van der Waals surface area contributed by atoms with Crippen molar-refractivity contribution in [1.29, 1.82) is 0 Å². The second-order valence-electron chi connectivity index (χ2n) is 4.43. The number of rotatable bonds is 1. The van der Waals surface area contributed by atoms with Crippen molar-refractivity contribution in [1.82, 2.24) is 0 Å². The molecule has 3 heteroatoms. The second-order valence-corrected chi connectivity index (χ2v) is 4.43. The van der Waals surface area contributed by atoms with E-state index in [2.05, 4.69) is 0 Å². The summed E-state index contributed by atoms with van der Waals surface area (Å²) < 4.78 is 11.0. The summed E-state index contributed by atoms with van der Waals surface area (Å²) in [4.78, 5) is 0. The van der Waals surface area contributed by atoms with Crippen LogP contribution in [0.1, 0.15) is 27.7 Å². The molecule has 1 N–H and O–H groups in total. The maximum atomic E-state index is 9.94. The lowest BCUT2D eigenvalue weighted by Gasteiger charge is -2.47. The van der Waals surface area contributed by atoms with Crippen LogP contribution in [0.5, 0.6) is 0 Å². The van der Waals surface area contributed by atoms with Gasteiger partial charge < -0.3 is 14.6 Å². The van der Waals surface area contributed by atoms with Crippen LogP contribution in [-0.2, 0) is 9.47 Å². The van der Waals surface area contributed by atoms with E-state index in [0.717, 1.165) is 0 Å². The first-order chi connectivity index (χ1) is 5.90. The highest BCUT2D eigenvalue weighted by molar-refractivity contribution is 4.95. The van der Waals surface area contributed by atoms with Gasteiger partial charge in [-0.1, -0.05) is 6.92 Å². The van der Waals surface area contributed by atoms with Crippen LogP contribution in [0.4, 0.5) is 0 Å². The van der Waals surface area contributed by atoms with E-state index in [-0.39, 0.29) is 18.1 Å². The van der Waals surface area contributed by atoms with Crippen molar-refractivity contribution in [3.8, 4) is 0 Å². The minimum absolute atomic E-state index is 0.0800. The molecule has 0 unspecified atom stereocenters. The molecule has 78 valence electrons. The minimum Gasteiger partial charge on any atom is -0.390 e. The topological polar surface area (TPSA) is 38.7 Å². The molecule has 0 bridgehead atoms. The van der Waals surface area contributed by atoms with Crippen molar-refractivity contribution in [3.05, 3.63) is 0 Å². The van der Waals surface area contributed by atoms with Gasteiger partial charge in [0, 0.05) is 13.0 Å². The van der Waals surface area contributed by atoms with E-state index in [4.69, 9.17) is 9.47 Å². The van der Waals surface area contributed by atoms with Crippen molar-refractivity contribution in [2.45, 2.75) is 51.6 Å². The SMILES string of the molecule is CO[C@H]1[C@H](O)[C@H](C)[C@@H](C)OC1(C)C. The van der Waals surface area contributed by atoms with Gasteiger partial charge in [-0.05, 0) is 20.8 Å². The van der Waals surface area contributed by atoms with Crippen LogP contribution in [0, 0.1) is 5.92 Å². The van der Waals surface area contributed by atoms with Gasteiger partial charge in [0.15, 0.2) is 0 Å². The average molecular weight is 188 g/mol. The molecule has 1 aliphatic rings. The van der Waals surface area contributed by atoms with Gasteiger partial charge in [-0.2, -0.15) is 0 Å². The Hall–Kier alpha value is -0.120. The Morgan fingerprint density at radius 3 is 2.31 bits per heavy atom. The van der Waals surface area contributed by atoms with Gasteiger partial charge in [-0.3, -0.25) is 0 Å². The van der Waals surface area contributed by atoms with Crippen LogP contribution in [0.3, 0.4) is 0 Å². The van der Waals surface area contributed by atoms with Crippen molar-refractivity contribution >= 4 is 0 Å². The van der Waals surface area contributed by atoms with E-state index in [1.54, 1.807) is 7.11 Å². The number of hydrogen-bond donors (Lipinski definition) is 1. The lowest BCUT2D eigenvalue weighted by atomic mass is 9.83. The van der Waals surface area contributed by atoms with Gasteiger partial charge in [-0.15, -0.1) is 0 Å². The molecule has 4 atom stereocenters. The molecule has 1 rings (SSSR count). The lowest BCUT2D eigenvalue weighted by Crippen LogP contribution is -2.58. The lowest BCUT2D eigenvalue weighted by molar-refractivity contribution is -0.238. The predicted molar refractivity (Wildman–Crippen MR) is 50.6 cm³/mol. The Bertz CT molecular complexity index is 179. The molecular formula is C10H20O3. The standard InChI is InChI=1S/C10H20O3/c1-6-7(2)13-10(3,4)9(12-5)8(6)11/h6-9,11H,1-5H3/t6-,7-,8-,9+/m1/s1. The first kappa shape index (κ1) is 11.0. The van der Waals surface area contributed by atoms with E-state index in [9.17, 15) is 5.11 Å². The predicted octanol–water partition coefficient (Wildman–Crippen LogP) is 1.20. The van der Waals surface area contributed by atoms with E-state index < -0.39 is 11.7 Å². The second kappa shape index (κ2) is 3.56. The molecule has 1 aliphatic heterocycles. The summed E-state index contributed by atoms with van der Waals surface area (Å²) in [5.74, 6) is 0.123. The Morgan fingerprint density at radius 1 is 1.31 bits per heavy atom. The molecule has 0 aromatic rings. The number of aliphatic hydroxyl groups is 1. The molecule has 0 radical (unpaired) electrons. The molecular weight excluding hydrogens is 168 g/mol. The number of aliphatic hydroxyl groups excluding tert-OH is 1. The third-order valence-corrected chi connectivity index (χ3v) is 3.02. The molecule has 0 aromatic carbocycles. The third kappa shape index (κ3) is 1.87. The highest BCUT2D eigenvalue weighted by atomic mass is 16.6. The number of ether oxygens (including phenoxy) is 2. The first-order valence-corrected chi connectivity index (χ1v) is 4.79. The summed E-state index contributed by atoms with van der Waals surface area (Å²) in [5.41, 5.74) is -0.403. The maximum Gasteiger partial charge on any atom is 0.112 e. The van der Waals surface area contributed by atoms with Crippen molar-refractivity contribution < 1.29 is 14.6 Å². The maximum absolute atomic E-state index is 9.94. The Morgan fingerprint density at radius 2 is 1.85 bits per heavy atom. The van der Waals surface area contributed by atoms with Crippen LogP contribution >= 0.6 is 0 Å². The zero-order valence-electron chi connectivity index (χ0n) is 9.07.